The van der Waals surface area contributed by atoms with Gasteiger partial charge in [-0.25, -0.2) is 0 Å². The van der Waals surface area contributed by atoms with E-state index in [4.69, 9.17) is 0 Å². The van der Waals surface area contributed by atoms with Crippen molar-refractivity contribution >= 4 is 0 Å². The standard InChI is InChI=1S/C20H40N2/c1-4-5-8-17-20(21(2)18-13-9-6-10-14-18)22(3)19-15-11-7-12-16-19/h18-20H,4-17H2,1-3H3. The number of hydrogen-bond donors (Lipinski definition) is 0. The molecule has 0 aromatic rings. The van der Waals surface area contributed by atoms with Gasteiger partial charge in [-0.15, -0.1) is 0 Å². The van der Waals surface area contributed by atoms with Gasteiger partial charge in [0.2, 0.25) is 0 Å². The van der Waals surface area contributed by atoms with E-state index in [-0.39, 0.29) is 0 Å². The zero-order chi connectivity index (χ0) is 15.8. The summed E-state index contributed by atoms with van der Waals surface area (Å²) in [4.78, 5) is 5.53. The molecule has 0 N–H and O–H groups in total. The van der Waals surface area contributed by atoms with Crippen molar-refractivity contribution in [3.63, 3.8) is 0 Å². The van der Waals surface area contributed by atoms with Crippen LogP contribution in [0.2, 0.25) is 0 Å². The Hall–Kier alpha value is -0.0800. The molecule has 2 fully saturated rings. The second-order valence-electron chi connectivity index (χ2n) is 7.89. The summed E-state index contributed by atoms with van der Waals surface area (Å²) >= 11 is 0. The van der Waals surface area contributed by atoms with Crippen LogP contribution in [0.15, 0.2) is 0 Å². The predicted molar refractivity (Wildman–Crippen MR) is 97.2 cm³/mol. The first-order valence-corrected chi connectivity index (χ1v) is 10.2. The molecule has 0 spiro atoms. The van der Waals surface area contributed by atoms with Gasteiger partial charge < -0.3 is 0 Å². The fourth-order valence-corrected chi connectivity index (χ4v) is 4.73. The first kappa shape index (κ1) is 18.3. The molecule has 0 heterocycles. The minimum absolute atomic E-state index is 0.678. The van der Waals surface area contributed by atoms with Crippen LogP contribution in [0.1, 0.15) is 96.8 Å². The van der Waals surface area contributed by atoms with Crippen LogP contribution in [-0.2, 0) is 0 Å². The number of unbranched alkanes of at least 4 members (excludes halogenated alkanes) is 2. The third-order valence-electron chi connectivity index (χ3n) is 6.31. The van der Waals surface area contributed by atoms with Gasteiger partial charge in [-0.2, -0.15) is 0 Å². The average Bonchev–Trinajstić information content (AvgIpc) is 2.59. The maximum Gasteiger partial charge on any atom is 0.0622 e. The summed E-state index contributed by atoms with van der Waals surface area (Å²) in [6, 6.07) is 1.68. The Morgan fingerprint density at radius 3 is 1.59 bits per heavy atom. The third-order valence-corrected chi connectivity index (χ3v) is 6.31. The fourth-order valence-electron chi connectivity index (χ4n) is 4.73. The topological polar surface area (TPSA) is 6.48 Å². The lowest BCUT2D eigenvalue weighted by atomic mass is 9.91. The van der Waals surface area contributed by atoms with Crippen molar-refractivity contribution in [2.75, 3.05) is 14.1 Å². The molecule has 2 aliphatic rings. The summed E-state index contributed by atoms with van der Waals surface area (Å²) in [5.41, 5.74) is 0. The molecule has 2 nitrogen and oxygen atoms in total. The Labute approximate surface area is 139 Å². The molecule has 2 heteroatoms. The molecule has 0 aliphatic heterocycles. The number of hydrogen-bond acceptors (Lipinski definition) is 2. The molecule has 2 rings (SSSR count). The summed E-state index contributed by atoms with van der Waals surface area (Å²) < 4.78 is 0. The maximum absolute atomic E-state index is 2.77. The molecule has 0 atom stereocenters. The highest BCUT2D eigenvalue weighted by Crippen LogP contribution is 2.29. The highest BCUT2D eigenvalue weighted by atomic mass is 15.4. The summed E-state index contributed by atoms with van der Waals surface area (Å²) in [6.07, 6.45) is 20.6. The van der Waals surface area contributed by atoms with Crippen molar-refractivity contribution in [2.24, 2.45) is 0 Å². The first-order valence-electron chi connectivity index (χ1n) is 10.2. The summed E-state index contributed by atoms with van der Waals surface area (Å²) in [5, 5.41) is 0. The zero-order valence-electron chi connectivity index (χ0n) is 15.5. The Kier molecular flexibility index (Phi) is 8.24. The highest BCUT2D eigenvalue weighted by Gasteiger charge is 2.30. The monoisotopic (exact) mass is 308 g/mol. The van der Waals surface area contributed by atoms with Gasteiger partial charge in [0, 0.05) is 12.1 Å². The largest absolute Gasteiger partial charge is 0.288 e. The van der Waals surface area contributed by atoms with Gasteiger partial charge in [0.1, 0.15) is 0 Å². The predicted octanol–water partition coefficient (Wildman–Crippen LogP) is 5.42. The van der Waals surface area contributed by atoms with E-state index < -0.39 is 0 Å². The van der Waals surface area contributed by atoms with Gasteiger partial charge in [-0.3, -0.25) is 9.80 Å². The van der Waals surface area contributed by atoms with E-state index in [9.17, 15) is 0 Å². The van der Waals surface area contributed by atoms with Crippen molar-refractivity contribution in [3.8, 4) is 0 Å². The molecule has 22 heavy (non-hydrogen) atoms. The smallest absolute Gasteiger partial charge is 0.0622 e. The third kappa shape index (κ3) is 5.23. The van der Waals surface area contributed by atoms with Crippen LogP contribution in [-0.4, -0.2) is 42.1 Å². The minimum Gasteiger partial charge on any atom is -0.288 e. The molecular weight excluding hydrogens is 268 g/mol. The summed E-state index contributed by atoms with van der Waals surface area (Å²) in [7, 11) is 4.85. The number of nitrogens with zero attached hydrogens (tertiary/aromatic N) is 2. The van der Waals surface area contributed by atoms with E-state index in [1.165, 1.54) is 89.9 Å². The van der Waals surface area contributed by atoms with Crippen LogP contribution < -0.4 is 0 Å². The van der Waals surface area contributed by atoms with Crippen molar-refractivity contribution in [3.05, 3.63) is 0 Å². The molecule has 0 amide bonds. The lowest BCUT2D eigenvalue weighted by Crippen LogP contribution is -2.53. The Bertz CT molecular complexity index is 255. The van der Waals surface area contributed by atoms with Gasteiger partial charge in [-0.05, 0) is 46.2 Å². The fraction of sp³-hybridized carbons (Fsp3) is 1.00. The molecule has 0 saturated heterocycles. The lowest BCUT2D eigenvalue weighted by Gasteiger charge is -2.45. The van der Waals surface area contributed by atoms with Crippen LogP contribution in [0.4, 0.5) is 0 Å². The van der Waals surface area contributed by atoms with Crippen LogP contribution in [0, 0.1) is 0 Å². The van der Waals surface area contributed by atoms with Crippen molar-refractivity contribution in [1.82, 2.24) is 9.80 Å². The van der Waals surface area contributed by atoms with Crippen molar-refractivity contribution in [2.45, 2.75) is 115 Å². The molecule has 0 radical (unpaired) electrons. The van der Waals surface area contributed by atoms with E-state index >= 15 is 0 Å². The van der Waals surface area contributed by atoms with Gasteiger partial charge in [0.05, 0.1) is 6.17 Å². The van der Waals surface area contributed by atoms with Gasteiger partial charge >= 0.3 is 0 Å². The van der Waals surface area contributed by atoms with Crippen molar-refractivity contribution in [1.29, 1.82) is 0 Å². The van der Waals surface area contributed by atoms with E-state index in [1.807, 2.05) is 0 Å². The second-order valence-corrected chi connectivity index (χ2v) is 7.89. The van der Waals surface area contributed by atoms with Crippen LogP contribution in [0.3, 0.4) is 0 Å². The number of rotatable bonds is 8. The van der Waals surface area contributed by atoms with E-state index in [1.54, 1.807) is 0 Å². The zero-order valence-corrected chi connectivity index (χ0v) is 15.5. The summed E-state index contributed by atoms with van der Waals surface area (Å²) in [6.45, 7) is 2.32. The molecule has 0 aromatic heterocycles. The van der Waals surface area contributed by atoms with Gasteiger partial charge in [-0.1, -0.05) is 64.7 Å². The van der Waals surface area contributed by atoms with Gasteiger partial charge in [0.25, 0.3) is 0 Å². The molecule has 0 aromatic carbocycles. The van der Waals surface area contributed by atoms with Crippen molar-refractivity contribution < 1.29 is 0 Å². The van der Waals surface area contributed by atoms with Crippen LogP contribution >= 0.6 is 0 Å². The first-order chi connectivity index (χ1) is 10.7. The Morgan fingerprint density at radius 2 is 1.18 bits per heavy atom. The van der Waals surface area contributed by atoms with E-state index in [0.717, 1.165) is 12.1 Å². The minimum atomic E-state index is 0.678. The molecule has 0 unspecified atom stereocenters. The lowest BCUT2D eigenvalue weighted by molar-refractivity contribution is -0.00429. The van der Waals surface area contributed by atoms with E-state index in [2.05, 4.69) is 30.8 Å². The molecule has 2 saturated carbocycles. The quantitative estimate of drug-likeness (QED) is 0.436. The highest BCUT2D eigenvalue weighted by molar-refractivity contribution is 4.83. The molecule has 130 valence electrons. The SMILES string of the molecule is CCCCCC(N(C)C1CCCCC1)N(C)C1CCCCC1. The van der Waals surface area contributed by atoms with Gasteiger partial charge in [0.15, 0.2) is 0 Å². The normalized spacial score (nSPS) is 22.1. The Balaban J connectivity index is 1.96. The van der Waals surface area contributed by atoms with E-state index in [0.29, 0.717) is 6.17 Å². The average molecular weight is 309 g/mol. The van der Waals surface area contributed by atoms with Crippen LogP contribution in [0.5, 0.6) is 0 Å². The van der Waals surface area contributed by atoms with Crippen LogP contribution in [0.25, 0.3) is 0 Å². The molecule has 0 bridgehead atoms. The second kappa shape index (κ2) is 9.93. The maximum atomic E-state index is 2.77. The molecule has 2 aliphatic carbocycles. The Morgan fingerprint density at radius 1 is 0.727 bits per heavy atom. The molecular formula is C20H40N2. The summed E-state index contributed by atoms with van der Waals surface area (Å²) in [5.74, 6) is 0.